The standard InChI is InChI=1S/C7F12/c8-2-1(4(11,12)7(17,18)19)3(9,10)6(15,16)5(2,13)14. The van der Waals surface area contributed by atoms with Crippen molar-refractivity contribution in [1.29, 1.82) is 0 Å². The van der Waals surface area contributed by atoms with Crippen molar-refractivity contribution in [2.45, 2.75) is 29.9 Å². The summed E-state index contributed by atoms with van der Waals surface area (Å²) in [6.45, 7) is 0. The van der Waals surface area contributed by atoms with E-state index in [0.717, 1.165) is 0 Å². The van der Waals surface area contributed by atoms with E-state index < -0.39 is 41.3 Å². The van der Waals surface area contributed by atoms with Gasteiger partial charge in [0.05, 0.1) is 0 Å². The Balaban J connectivity index is 3.64. The first-order valence-corrected chi connectivity index (χ1v) is 4.02. The number of hydrogen-bond acceptors (Lipinski definition) is 0. The minimum Gasteiger partial charge on any atom is -0.204 e. The van der Waals surface area contributed by atoms with Crippen molar-refractivity contribution in [3.8, 4) is 0 Å². The van der Waals surface area contributed by atoms with Gasteiger partial charge in [0.2, 0.25) is 0 Å². The zero-order valence-electron chi connectivity index (χ0n) is 8.04. The first-order chi connectivity index (χ1) is 8.03. The zero-order chi connectivity index (χ0) is 15.7. The molecule has 0 aromatic heterocycles. The van der Waals surface area contributed by atoms with Crippen LogP contribution in [0.15, 0.2) is 11.4 Å². The molecule has 1 aliphatic carbocycles. The first-order valence-electron chi connectivity index (χ1n) is 4.02. The van der Waals surface area contributed by atoms with Gasteiger partial charge in [-0.2, -0.15) is 48.3 Å². The average molecular weight is 312 g/mol. The Labute approximate surface area is 95.2 Å². The second-order valence-corrected chi connectivity index (χ2v) is 3.48. The van der Waals surface area contributed by atoms with E-state index in [2.05, 4.69) is 0 Å². The van der Waals surface area contributed by atoms with Gasteiger partial charge >= 0.3 is 29.9 Å². The maximum atomic E-state index is 12.7. The molecular formula is C7F12. The molecule has 0 aromatic rings. The fraction of sp³-hybridized carbons (Fsp3) is 0.714. The lowest BCUT2D eigenvalue weighted by Crippen LogP contribution is -2.52. The van der Waals surface area contributed by atoms with Gasteiger partial charge in [-0.3, -0.25) is 0 Å². The summed E-state index contributed by atoms with van der Waals surface area (Å²) in [6, 6.07) is 0. The van der Waals surface area contributed by atoms with Crippen molar-refractivity contribution in [3.05, 3.63) is 11.4 Å². The molecule has 0 fully saturated rings. The van der Waals surface area contributed by atoms with Crippen LogP contribution in [0, 0.1) is 0 Å². The maximum absolute atomic E-state index is 12.7. The molecule has 0 N–H and O–H groups in total. The summed E-state index contributed by atoms with van der Waals surface area (Å²) in [5.41, 5.74) is -4.28. The van der Waals surface area contributed by atoms with Crippen LogP contribution in [0.4, 0.5) is 52.7 Å². The van der Waals surface area contributed by atoms with Crippen molar-refractivity contribution in [1.82, 2.24) is 0 Å². The highest BCUT2D eigenvalue weighted by Crippen LogP contribution is 2.64. The molecule has 1 aliphatic rings. The Morgan fingerprint density at radius 3 is 1.26 bits per heavy atom. The molecule has 0 aromatic carbocycles. The van der Waals surface area contributed by atoms with Gasteiger partial charge in [0.25, 0.3) is 0 Å². The summed E-state index contributed by atoms with van der Waals surface area (Å²) in [4.78, 5) is 0. The first kappa shape index (κ1) is 16.0. The van der Waals surface area contributed by atoms with Gasteiger partial charge in [0.1, 0.15) is 5.57 Å². The molecule has 0 nitrogen and oxygen atoms in total. The summed E-state index contributed by atoms with van der Waals surface area (Å²) in [5, 5.41) is 0. The molecule has 112 valence electrons. The Morgan fingerprint density at radius 2 is 1.05 bits per heavy atom. The Hall–Kier alpha value is -1.10. The summed E-state index contributed by atoms with van der Waals surface area (Å²) in [6.07, 6.45) is -6.94. The molecule has 0 unspecified atom stereocenters. The van der Waals surface area contributed by atoms with E-state index in [1.807, 2.05) is 0 Å². The van der Waals surface area contributed by atoms with Crippen molar-refractivity contribution in [2.24, 2.45) is 0 Å². The lowest BCUT2D eigenvalue weighted by Gasteiger charge is -2.27. The van der Waals surface area contributed by atoms with E-state index in [-0.39, 0.29) is 0 Å². The third-order valence-electron chi connectivity index (χ3n) is 2.27. The van der Waals surface area contributed by atoms with E-state index in [9.17, 15) is 52.7 Å². The van der Waals surface area contributed by atoms with Crippen molar-refractivity contribution in [2.75, 3.05) is 0 Å². The fourth-order valence-corrected chi connectivity index (χ4v) is 1.26. The van der Waals surface area contributed by atoms with Gasteiger partial charge in [-0.05, 0) is 0 Å². The molecule has 1 rings (SSSR count). The molecule has 0 radical (unpaired) electrons. The predicted octanol–water partition coefficient (Wildman–Crippen LogP) is 4.33. The van der Waals surface area contributed by atoms with Crippen LogP contribution in [0.1, 0.15) is 0 Å². The Kier molecular flexibility index (Phi) is 2.95. The van der Waals surface area contributed by atoms with E-state index in [4.69, 9.17) is 0 Å². The van der Waals surface area contributed by atoms with Gasteiger partial charge in [-0.1, -0.05) is 0 Å². The van der Waals surface area contributed by atoms with Crippen LogP contribution >= 0.6 is 0 Å². The number of allylic oxidation sites excluding steroid dienone is 2. The fourth-order valence-electron chi connectivity index (χ4n) is 1.26. The maximum Gasteiger partial charge on any atom is 0.458 e. The Morgan fingerprint density at radius 1 is 0.684 bits per heavy atom. The quantitative estimate of drug-likeness (QED) is 0.632. The SMILES string of the molecule is FC1=C(C(F)(F)C(F)(F)F)C(F)(F)C(F)(F)C1(F)F. The smallest absolute Gasteiger partial charge is 0.204 e. The van der Waals surface area contributed by atoms with Crippen LogP contribution in [0.3, 0.4) is 0 Å². The van der Waals surface area contributed by atoms with Gasteiger partial charge < -0.3 is 0 Å². The highest BCUT2D eigenvalue weighted by Gasteiger charge is 2.86. The topological polar surface area (TPSA) is 0 Å². The number of halogens is 12. The minimum absolute atomic E-state index is 4.19. The van der Waals surface area contributed by atoms with Crippen molar-refractivity contribution < 1.29 is 52.7 Å². The van der Waals surface area contributed by atoms with E-state index in [1.54, 1.807) is 0 Å². The average Bonchev–Trinajstić information content (AvgIpc) is 2.21. The largest absolute Gasteiger partial charge is 0.458 e. The summed E-state index contributed by atoms with van der Waals surface area (Å²) in [5.74, 6) is -31.0. The van der Waals surface area contributed by atoms with Crippen LogP contribution < -0.4 is 0 Å². The molecule has 0 saturated carbocycles. The van der Waals surface area contributed by atoms with Crippen molar-refractivity contribution in [3.63, 3.8) is 0 Å². The molecule has 19 heavy (non-hydrogen) atoms. The summed E-state index contributed by atoms with van der Waals surface area (Å²) >= 11 is 0. The van der Waals surface area contributed by atoms with Gasteiger partial charge in [0, 0.05) is 0 Å². The van der Waals surface area contributed by atoms with Crippen LogP contribution in [-0.2, 0) is 0 Å². The molecule has 0 amide bonds. The van der Waals surface area contributed by atoms with Gasteiger partial charge in [0.15, 0.2) is 5.83 Å². The lowest BCUT2D eigenvalue weighted by atomic mass is 10.0. The minimum atomic E-state index is -6.94. The van der Waals surface area contributed by atoms with E-state index in [1.165, 1.54) is 0 Å². The zero-order valence-corrected chi connectivity index (χ0v) is 8.04. The highest BCUT2D eigenvalue weighted by atomic mass is 19.4. The Bertz CT molecular complexity index is 424. The third-order valence-corrected chi connectivity index (χ3v) is 2.27. The predicted molar refractivity (Wildman–Crippen MR) is 34.0 cm³/mol. The van der Waals surface area contributed by atoms with E-state index >= 15 is 0 Å². The van der Waals surface area contributed by atoms with Gasteiger partial charge in [-0.25, -0.2) is 4.39 Å². The molecule has 0 heterocycles. The second-order valence-electron chi connectivity index (χ2n) is 3.48. The van der Waals surface area contributed by atoms with Gasteiger partial charge in [-0.15, -0.1) is 0 Å². The number of alkyl halides is 11. The second kappa shape index (κ2) is 3.51. The monoisotopic (exact) mass is 312 g/mol. The lowest BCUT2D eigenvalue weighted by molar-refractivity contribution is -0.297. The van der Waals surface area contributed by atoms with E-state index in [0.29, 0.717) is 0 Å². The molecule has 0 saturated heterocycles. The molecule has 0 bridgehead atoms. The van der Waals surface area contributed by atoms with Crippen molar-refractivity contribution >= 4 is 0 Å². The summed E-state index contributed by atoms with van der Waals surface area (Å²) in [7, 11) is 0. The molecular weight excluding hydrogens is 312 g/mol. The van der Waals surface area contributed by atoms with Crippen LogP contribution in [0.25, 0.3) is 0 Å². The molecule has 0 aliphatic heterocycles. The number of rotatable bonds is 1. The molecule has 0 spiro atoms. The third kappa shape index (κ3) is 1.64. The molecule has 0 atom stereocenters. The molecule has 12 heteroatoms. The highest BCUT2D eigenvalue weighted by molar-refractivity contribution is 5.42. The van der Waals surface area contributed by atoms with Crippen LogP contribution in [0.5, 0.6) is 0 Å². The summed E-state index contributed by atoms with van der Waals surface area (Å²) < 4.78 is 148. The van der Waals surface area contributed by atoms with Crippen LogP contribution in [0.2, 0.25) is 0 Å². The number of hydrogen-bond donors (Lipinski definition) is 0. The normalized spacial score (nSPS) is 25.9. The van der Waals surface area contributed by atoms with Crippen LogP contribution in [-0.4, -0.2) is 29.9 Å².